The smallest absolute Gasteiger partial charge is 0.358 e. The predicted octanol–water partition coefficient (Wildman–Crippen LogP) is 2.86. The summed E-state index contributed by atoms with van der Waals surface area (Å²) < 4.78 is 27.4. The largest absolute Gasteiger partial charge is 0.381 e. The molecule has 2 heterocycles. The minimum atomic E-state index is -2.58. The van der Waals surface area contributed by atoms with E-state index in [1.54, 1.807) is 4.57 Å². The van der Waals surface area contributed by atoms with Gasteiger partial charge in [-0.15, -0.1) is 0 Å². The summed E-state index contributed by atoms with van der Waals surface area (Å²) in [4.78, 5) is 28.5. The van der Waals surface area contributed by atoms with Gasteiger partial charge in [0.2, 0.25) is 18.6 Å². The van der Waals surface area contributed by atoms with Gasteiger partial charge < -0.3 is 29.8 Å². The van der Waals surface area contributed by atoms with Crippen LogP contribution in [0.2, 0.25) is 0 Å². The summed E-state index contributed by atoms with van der Waals surface area (Å²) in [5.74, 6) is -2.97. The standard InChI is InChI=1S/C9H11F2N3O2.C3H3N3O2/c10-9(11)3-1-7(2-4-9)13-5-8(12-6-13)14(15)16;7-6(8)3-1-4-2-5-3/h5-7H,1-4H2;1-2H,(H,4,5). The normalized spacial score (nSPS) is 16.9. The second-order valence-electron chi connectivity index (χ2n) is 5.21. The molecule has 0 amide bonds. The molecule has 0 atom stereocenters. The van der Waals surface area contributed by atoms with Crippen LogP contribution < -0.4 is 0 Å². The molecular weight excluding hydrogens is 330 g/mol. The minimum absolute atomic E-state index is 0.0965. The van der Waals surface area contributed by atoms with Gasteiger partial charge in [0.25, 0.3) is 0 Å². The van der Waals surface area contributed by atoms with E-state index in [1.165, 1.54) is 25.0 Å². The minimum Gasteiger partial charge on any atom is -0.358 e. The van der Waals surface area contributed by atoms with E-state index in [0.29, 0.717) is 12.8 Å². The second kappa shape index (κ2) is 7.10. The molecule has 0 spiro atoms. The molecule has 0 aromatic carbocycles. The number of halogens is 2. The molecule has 3 rings (SSSR count). The lowest BCUT2D eigenvalue weighted by Gasteiger charge is -2.28. The molecular formula is C12H14F2N6O4. The Morgan fingerprint density at radius 2 is 1.79 bits per heavy atom. The summed E-state index contributed by atoms with van der Waals surface area (Å²) in [6.07, 6.45) is 5.47. The monoisotopic (exact) mass is 344 g/mol. The van der Waals surface area contributed by atoms with Crippen molar-refractivity contribution in [2.24, 2.45) is 0 Å². The number of nitrogens with one attached hydrogen (secondary N) is 1. The van der Waals surface area contributed by atoms with Crippen LogP contribution in [0, 0.1) is 20.2 Å². The van der Waals surface area contributed by atoms with Gasteiger partial charge in [-0.25, -0.2) is 8.78 Å². The molecule has 0 saturated heterocycles. The van der Waals surface area contributed by atoms with Gasteiger partial charge in [-0.3, -0.25) is 0 Å². The molecule has 0 unspecified atom stereocenters. The Morgan fingerprint density at radius 1 is 1.17 bits per heavy atom. The van der Waals surface area contributed by atoms with E-state index in [4.69, 9.17) is 0 Å². The van der Waals surface area contributed by atoms with Crippen molar-refractivity contribution in [2.75, 3.05) is 0 Å². The van der Waals surface area contributed by atoms with Crippen LogP contribution in [0.1, 0.15) is 31.7 Å². The van der Waals surface area contributed by atoms with Crippen LogP contribution in [0.3, 0.4) is 0 Å². The Bertz CT molecular complexity index is 692. The predicted molar refractivity (Wildman–Crippen MR) is 76.6 cm³/mol. The summed E-state index contributed by atoms with van der Waals surface area (Å²) in [5, 5.41) is 20.2. The van der Waals surface area contributed by atoms with Crippen LogP contribution in [0.5, 0.6) is 0 Å². The summed E-state index contributed by atoms with van der Waals surface area (Å²) in [6.45, 7) is 0. The lowest BCUT2D eigenvalue weighted by atomic mass is 9.92. The van der Waals surface area contributed by atoms with E-state index in [1.807, 2.05) is 0 Å². The van der Waals surface area contributed by atoms with Gasteiger partial charge in [-0.05, 0) is 32.7 Å². The van der Waals surface area contributed by atoms with Gasteiger partial charge in [0, 0.05) is 18.9 Å². The van der Waals surface area contributed by atoms with Crippen molar-refractivity contribution >= 4 is 11.6 Å². The van der Waals surface area contributed by atoms with Crippen LogP contribution in [-0.2, 0) is 0 Å². The van der Waals surface area contributed by atoms with E-state index in [2.05, 4.69) is 15.0 Å². The third kappa shape index (κ3) is 4.54. The first kappa shape index (κ1) is 17.4. The number of rotatable bonds is 3. The molecule has 1 saturated carbocycles. The van der Waals surface area contributed by atoms with Crippen LogP contribution in [0.15, 0.2) is 25.0 Å². The van der Waals surface area contributed by atoms with Crippen molar-refractivity contribution in [2.45, 2.75) is 37.6 Å². The van der Waals surface area contributed by atoms with E-state index < -0.39 is 15.8 Å². The first-order chi connectivity index (χ1) is 11.3. The summed E-state index contributed by atoms with van der Waals surface area (Å²) in [6, 6.07) is -0.0965. The molecule has 1 fully saturated rings. The van der Waals surface area contributed by atoms with Crippen molar-refractivity contribution in [1.82, 2.24) is 19.5 Å². The lowest BCUT2D eigenvalue weighted by molar-refractivity contribution is -0.389. The molecule has 1 aliphatic carbocycles. The van der Waals surface area contributed by atoms with Crippen LogP contribution in [0.4, 0.5) is 20.4 Å². The first-order valence-corrected chi connectivity index (χ1v) is 6.97. The molecule has 12 heteroatoms. The highest BCUT2D eigenvalue weighted by Crippen LogP contribution is 2.38. The number of nitro groups is 2. The maximum Gasteiger partial charge on any atom is 0.381 e. The molecule has 0 bridgehead atoms. The zero-order valence-corrected chi connectivity index (χ0v) is 12.3. The number of imidazole rings is 2. The molecule has 0 radical (unpaired) electrons. The fourth-order valence-electron chi connectivity index (χ4n) is 2.30. The molecule has 2 aromatic heterocycles. The fourth-order valence-corrected chi connectivity index (χ4v) is 2.30. The van der Waals surface area contributed by atoms with Gasteiger partial charge in [0.1, 0.15) is 12.4 Å². The van der Waals surface area contributed by atoms with Crippen LogP contribution in [0.25, 0.3) is 0 Å². The topological polar surface area (TPSA) is 133 Å². The van der Waals surface area contributed by atoms with Crippen molar-refractivity contribution in [3.05, 3.63) is 45.3 Å². The molecule has 1 aliphatic rings. The zero-order valence-electron chi connectivity index (χ0n) is 12.3. The van der Waals surface area contributed by atoms with Crippen LogP contribution in [-0.4, -0.2) is 35.3 Å². The average Bonchev–Trinajstić information content (AvgIpc) is 3.20. The highest BCUT2D eigenvalue weighted by molar-refractivity contribution is 5.13. The van der Waals surface area contributed by atoms with Crippen molar-refractivity contribution in [3.8, 4) is 0 Å². The van der Waals surface area contributed by atoms with Crippen molar-refractivity contribution in [1.29, 1.82) is 0 Å². The van der Waals surface area contributed by atoms with Crippen LogP contribution >= 0.6 is 0 Å². The van der Waals surface area contributed by atoms with E-state index in [0.717, 1.165) is 0 Å². The third-order valence-corrected chi connectivity index (χ3v) is 3.55. The number of nitrogens with zero attached hydrogens (tertiary/aromatic N) is 5. The van der Waals surface area contributed by atoms with E-state index in [9.17, 15) is 29.0 Å². The molecule has 130 valence electrons. The summed E-state index contributed by atoms with van der Waals surface area (Å²) in [5.41, 5.74) is 0. The second-order valence-corrected chi connectivity index (χ2v) is 5.21. The van der Waals surface area contributed by atoms with E-state index >= 15 is 0 Å². The van der Waals surface area contributed by atoms with Gasteiger partial charge in [0.15, 0.2) is 0 Å². The van der Waals surface area contributed by atoms with Crippen molar-refractivity contribution in [3.63, 3.8) is 0 Å². The van der Waals surface area contributed by atoms with Gasteiger partial charge >= 0.3 is 11.6 Å². The molecule has 24 heavy (non-hydrogen) atoms. The number of aromatic amines is 1. The van der Waals surface area contributed by atoms with Crippen molar-refractivity contribution < 1.29 is 18.6 Å². The number of aromatic nitrogens is 4. The first-order valence-electron chi connectivity index (χ1n) is 6.97. The highest BCUT2D eigenvalue weighted by Gasteiger charge is 2.35. The number of alkyl halides is 2. The summed E-state index contributed by atoms with van der Waals surface area (Å²) >= 11 is 0. The Morgan fingerprint density at radius 3 is 2.21 bits per heavy atom. The molecule has 10 nitrogen and oxygen atoms in total. The maximum atomic E-state index is 12.9. The lowest BCUT2D eigenvalue weighted by Crippen LogP contribution is -2.25. The maximum absolute atomic E-state index is 12.9. The van der Waals surface area contributed by atoms with Gasteiger partial charge in [0.05, 0.1) is 0 Å². The molecule has 1 N–H and O–H groups in total. The Kier molecular flexibility index (Phi) is 5.16. The SMILES string of the molecule is O=[N+]([O-])c1c[nH]cn1.O=[N+]([O-])c1cn(C2CCC(F)(F)CC2)cn1. The zero-order chi connectivity index (χ0) is 17.7. The van der Waals surface area contributed by atoms with Gasteiger partial charge in [-0.1, -0.05) is 0 Å². The number of hydrogen-bond acceptors (Lipinski definition) is 6. The summed E-state index contributed by atoms with van der Waals surface area (Å²) in [7, 11) is 0. The molecule has 0 aliphatic heterocycles. The quantitative estimate of drug-likeness (QED) is 0.672. The fraction of sp³-hybridized carbons (Fsp3) is 0.500. The Hall–Kier alpha value is -2.92. The van der Waals surface area contributed by atoms with Gasteiger partial charge in [-0.2, -0.15) is 0 Å². The Labute approximate surface area is 133 Å². The third-order valence-electron chi connectivity index (χ3n) is 3.55. The molecule has 2 aromatic rings. The Balaban J connectivity index is 0.000000219. The number of hydrogen-bond donors (Lipinski definition) is 1. The highest BCUT2D eigenvalue weighted by atomic mass is 19.3. The average molecular weight is 344 g/mol. The number of H-pyrrole nitrogens is 1. The van der Waals surface area contributed by atoms with E-state index in [-0.39, 0.29) is 30.5 Å².